The van der Waals surface area contributed by atoms with Crippen LogP contribution in [-0.4, -0.2) is 78.1 Å². The molecule has 0 saturated carbocycles. The van der Waals surface area contributed by atoms with E-state index >= 15 is 0 Å². The van der Waals surface area contributed by atoms with E-state index in [4.69, 9.17) is 4.74 Å². The van der Waals surface area contributed by atoms with Gasteiger partial charge in [-0.2, -0.15) is 0 Å². The van der Waals surface area contributed by atoms with Crippen LogP contribution in [0.4, 0.5) is 15.0 Å². The summed E-state index contributed by atoms with van der Waals surface area (Å²) in [6.07, 6.45) is 4.87. The van der Waals surface area contributed by atoms with Crippen molar-refractivity contribution < 1.29 is 18.7 Å². The zero-order valence-corrected chi connectivity index (χ0v) is 20.8. The van der Waals surface area contributed by atoms with E-state index in [0.717, 1.165) is 54.9 Å². The molecule has 1 saturated heterocycles. The third kappa shape index (κ3) is 5.79. The number of likely N-dealkylation sites (N-methyl/N-ethyl adjacent to an activating group) is 1. The number of rotatable bonds is 7. The predicted octanol–water partition coefficient (Wildman–Crippen LogP) is 3.73. The molecule has 37 heavy (non-hydrogen) atoms. The molecule has 3 amide bonds. The summed E-state index contributed by atoms with van der Waals surface area (Å²) in [4.78, 5) is 35.4. The third-order valence-electron chi connectivity index (χ3n) is 6.81. The molecular formula is C28H30FN5O3. The lowest BCUT2D eigenvalue weighted by Gasteiger charge is -2.32. The first-order valence-corrected chi connectivity index (χ1v) is 12.4. The average molecular weight is 504 g/mol. The maximum absolute atomic E-state index is 14.1. The Labute approximate surface area is 215 Å². The number of halogens is 1. The average Bonchev–Trinajstić information content (AvgIpc) is 2.92. The minimum Gasteiger partial charge on any atom is -0.379 e. The second-order valence-electron chi connectivity index (χ2n) is 9.36. The third-order valence-corrected chi connectivity index (χ3v) is 6.81. The summed E-state index contributed by atoms with van der Waals surface area (Å²) in [5, 5.41) is 4.20. The molecule has 2 aliphatic rings. The van der Waals surface area contributed by atoms with Gasteiger partial charge in [-0.05, 0) is 34.7 Å². The number of hydrogen-bond donors (Lipinski definition) is 1. The van der Waals surface area contributed by atoms with Crippen molar-refractivity contribution in [3.63, 3.8) is 0 Å². The Morgan fingerprint density at radius 1 is 1.16 bits per heavy atom. The number of nitrogens with one attached hydrogen (secondary N) is 1. The van der Waals surface area contributed by atoms with Gasteiger partial charge in [0.2, 0.25) is 5.91 Å². The van der Waals surface area contributed by atoms with Gasteiger partial charge >= 0.3 is 6.03 Å². The van der Waals surface area contributed by atoms with E-state index in [1.54, 1.807) is 47.3 Å². The van der Waals surface area contributed by atoms with Gasteiger partial charge in [-0.25, -0.2) is 14.2 Å². The van der Waals surface area contributed by atoms with Crippen molar-refractivity contribution in [2.24, 2.45) is 0 Å². The summed E-state index contributed by atoms with van der Waals surface area (Å²) in [6.45, 7) is 5.44. The Kier molecular flexibility index (Phi) is 7.43. The molecule has 0 aliphatic carbocycles. The fourth-order valence-corrected chi connectivity index (χ4v) is 4.67. The largest absolute Gasteiger partial charge is 0.379 e. The van der Waals surface area contributed by atoms with Crippen LogP contribution in [0.15, 0.2) is 54.7 Å². The monoisotopic (exact) mass is 503 g/mol. The lowest BCUT2D eigenvalue weighted by atomic mass is 10.0. The minimum absolute atomic E-state index is 0.151. The predicted molar refractivity (Wildman–Crippen MR) is 140 cm³/mol. The molecule has 1 aromatic heterocycles. The highest BCUT2D eigenvalue weighted by Crippen LogP contribution is 2.24. The summed E-state index contributed by atoms with van der Waals surface area (Å²) in [5.74, 6) is 0.104. The summed E-state index contributed by atoms with van der Waals surface area (Å²) in [5.41, 5.74) is 2.56. The van der Waals surface area contributed by atoms with E-state index in [1.165, 1.54) is 12.1 Å². The number of anilines is 1. The van der Waals surface area contributed by atoms with Crippen LogP contribution in [0.2, 0.25) is 0 Å². The van der Waals surface area contributed by atoms with Crippen molar-refractivity contribution in [2.45, 2.75) is 13.1 Å². The number of aromatic nitrogens is 1. The summed E-state index contributed by atoms with van der Waals surface area (Å²) >= 11 is 0. The molecule has 192 valence electrons. The van der Waals surface area contributed by atoms with E-state index in [0.29, 0.717) is 30.8 Å². The fraction of sp³-hybridized carbons (Fsp3) is 0.321. The van der Waals surface area contributed by atoms with E-state index in [9.17, 15) is 14.0 Å². The molecule has 5 rings (SSSR count). The van der Waals surface area contributed by atoms with Gasteiger partial charge in [0.15, 0.2) is 0 Å². The SMILES string of the molecule is CN(Cc1ccc(F)c2ccccc12)C(=O)/C=C/c1cnc2c(c1)CN(CCN1CCOCC1)C(=O)N2. The maximum Gasteiger partial charge on any atom is 0.323 e. The highest BCUT2D eigenvalue weighted by Gasteiger charge is 2.24. The van der Waals surface area contributed by atoms with Gasteiger partial charge in [0.05, 0.1) is 19.8 Å². The normalized spacial score (nSPS) is 16.2. The molecule has 1 N–H and O–H groups in total. The number of carbonyl (C=O) groups is 2. The molecule has 2 aromatic carbocycles. The molecule has 1 fully saturated rings. The molecule has 0 spiro atoms. The van der Waals surface area contributed by atoms with Gasteiger partial charge in [0.1, 0.15) is 11.6 Å². The maximum atomic E-state index is 14.1. The van der Waals surface area contributed by atoms with Gasteiger partial charge < -0.3 is 14.5 Å². The number of nitrogens with zero attached hydrogens (tertiary/aromatic N) is 4. The molecule has 3 heterocycles. The van der Waals surface area contributed by atoms with Crippen LogP contribution in [0, 0.1) is 5.82 Å². The van der Waals surface area contributed by atoms with Crippen LogP contribution >= 0.6 is 0 Å². The highest BCUT2D eigenvalue weighted by molar-refractivity contribution is 5.93. The van der Waals surface area contributed by atoms with Crippen molar-refractivity contribution in [3.8, 4) is 0 Å². The van der Waals surface area contributed by atoms with Crippen LogP contribution in [0.1, 0.15) is 16.7 Å². The number of benzene rings is 2. The zero-order chi connectivity index (χ0) is 25.8. The number of fused-ring (bicyclic) bond motifs is 2. The topological polar surface area (TPSA) is 78.0 Å². The first-order chi connectivity index (χ1) is 18.0. The van der Waals surface area contributed by atoms with Crippen LogP contribution in [0.3, 0.4) is 0 Å². The quantitative estimate of drug-likeness (QED) is 0.498. The second kappa shape index (κ2) is 11.1. The molecule has 0 atom stereocenters. The summed E-state index contributed by atoms with van der Waals surface area (Å²) < 4.78 is 19.5. The van der Waals surface area contributed by atoms with Gasteiger partial charge in [0, 0.05) is 63.0 Å². The number of hydrogen-bond acceptors (Lipinski definition) is 5. The molecule has 8 nitrogen and oxygen atoms in total. The van der Waals surface area contributed by atoms with Crippen LogP contribution < -0.4 is 5.32 Å². The molecule has 9 heteroatoms. The van der Waals surface area contributed by atoms with Gasteiger partial charge in [-0.3, -0.25) is 15.0 Å². The van der Waals surface area contributed by atoms with E-state index in [2.05, 4.69) is 15.2 Å². The van der Waals surface area contributed by atoms with Crippen LogP contribution in [0.5, 0.6) is 0 Å². The lowest BCUT2D eigenvalue weighted by molar-refractivity contribution is -0.125. The Bertz CT molecular complexity index is 1340. The van der Waals surface area contributed by atoms with Crippen molar-refractivity contribution in [2.75, 3.05) is 51.8 Å². The number of carbonyl (C=O) groups excluding carboxylic acids is 2. The lowest BCUT2D eigenvalue weighted by Crippen LogP contribution is -2.45. The fourth-order valence-electron chi connectivity index (χ4n) is 4.67. The molecule has 3 aromatic rings. The smallest absolute Gasteiger partial charge is 0.323 e. The van der Waals surface area contributed by atoms with Crippen molar-refractivity contribution in [3.05, 3.63) is 77.2 Å². The highest BCUT2D eigenvalue weighted by atomic mass is 19.1. The van der Waals surface area contributed by atoms with Gasteiger partial charge in [-0.1, -0.05) is 30.3 Å². The summed E-state index contributed by atoms with van der Waals surface area (Å²) in [6, 6.07) is 12.2. The number of amides is 3. The Morgan fingerprint density at radius 2 is 1.95 bits per heavy atom. The Hall–Kier alpha value is -3.82. The number of pyridine rings is 1. The molecule has 0 radical (unpaired) electrons. The standard InChI is InChI=1S/C28H30FN5O3/c1-32(18-21-7-8-25(29)24-5-3-2-4-23(21)24)26(35)9-6-20-16-22-19-34(28(36)31-27(22)30-17-20)11-10-33-12-14-37-15-13-33/h2-9,16-17H,10-15,18-19H2,1H3,(H,30,31,36)/b9-6+. The second-order valence-corrected chi connectivity index (χ2v) is 9.36. The minimum atomic E-state index is -0.274. The molecule has 0 bridgehead atoms. The number of morpholine rings is 1. The van der Waals surface area contributed by atoms with Crippen molar-refractivity contribution in [1.82, 2.24) is 19.7 Å². The molecule has 2 aliphatic heterocycles. The Morgan fingerprint density at radius 3 is 2.76 bits per heavy atom. The van der Waals surface area contributed by atoms with Gasteiger partial charge in [-0.15, -0.1) is 0 Å². The van der Waals surface area contributed by atoms with E-state index in [1.807, 2.05) is 18.2 Å². The van der Waals surface area contributed by atoms with Crippen LogP contribution in [-0.2, 0) is 22.6 Å². The molecule has 0 unspecified atom stereocenters. The zero-order valence-electron chi connectivity index (χ0n) is 20.8. The van der Waals surface area contributed by atoms with Gasteiger partial charge in [0.25, 0.3) is 0 Å². The number of urea groups is 1. The van der Waals surface area contributed by atoms with E-state index in [-0.39, 0.29) is 17.8 Å². The first-order valence-electron chi connectivity index (χ1n) is 12.4. The summed E-state index contributed by atoms with van der Waals surface area (Å²) in [7, 11) is 1.72. The van der Waals surface area contributed by atoms with Crippen molar-refractivity contribution in [1.29, 1.82) is 0 Å². The van der Waals surface area contributed by atoms with Crippen molar-refractivity contribution >= 4 is 34.6 Å². The number of ether oxygens (including phenoxy) is 1. The van der Waals surface area contributed by atoms with Crippen LogP contribution in [0.25, 0.3) is 16.8 Å². The Balaban J connectivity index is 1.22. The van der Waals surface area contributed by atoms with E-state index < -0.39 is 0 Å². The first kappa shape index (κ1) is 24.9. The molecular weight excluding hydrogens is 473 g/mol.